The van der Waals surface area contributed by atoms with E-state index in [0.717, 1.165) is 12.8 Å². The summed E-state index contributed by atoms with van der Waals surface area (Å²) in [6, 6.07) is 3.80. The van der Waals surface area contributed by atoms with Crippen LogP contribution in [-0.2, 0) is 0 Å². The highest BCUT2D eigenvalue weighted by Gasteiger charge is 2.19. The van der Waals surface area contributed by atoms with Gasteiger partial charge in [0.05, 0.1) is 18.4 Å². The van der Waals surface area contributed by atoms with Crippen molar-refractivity contribution in [3.8, 4) is 11.8 Å². The van der Waals surface area contributed by atoms with E-state index in [1.807, 2.05) is 0 Å². The van der Waals surface area contributed by atoms with Crippen LogP contribution >= 0.6 is 0 Å². The molecule has 3 nitrogen and oxygen atoms in total. The van der Waals surface area contributed by atoms with Crippen LogP contribution in [0.1, 0.15) is 25.3 Å². The van der Waals surface area contributed by atoms with Crippen LogP contribution in [-0.4, -0.2) is 11.6 Å². The van der Waals surface area contributed by atoms with Crippen molar-refractivity contribution in [2.24, 2.45) is 11.8 Å². The van der Waals surface area contributed by atoms with Crippen molar-refractivity contribution >= 4 is 0 Å². The minimum atomic E-state index is 0.534. The number of pyridine rings is 1. The molecular formula is C14H16N2O. The third-order valence-electron chi connectivity index (χ3n) is 3.28. The first-order valence-electron chi connectivity index (χ1n) is 5.93. The second-order valence-corrected chi connectivity index (χ2v) is 4.47. The number of nitrogens with zero attached hydrogens (tertiary/aromatic N) is 2. The summed E-state index contributed by atoms with van der Waals surface area (Å²) in [6.45, 7) is 2.90. The molecule has 1 aliphatic carbocycles. The Bertz CT molecular complexity index is 448. The van der Waals surface area contributed by atoms with Crippen LogP contribution in [0.2, 0.25) is 0 Å². The molecule has 0 bridgehead atoms. The molecule has 1 heterocycles. The monoisotopic (exact) mass is 228 g/mol. The van der Waals surface area contributed by atoms with Gasteiger partial charge < -0.3 is 4.74 Å². The summed E-state index contributed by atoms with van der Waals surface area (Å²) in [7, 11) is 0. The van der Waals surface area contributed by atoms with Crippen LogP contribution in [0, 0.1) is 23.2 Å². The molecule has 0 fully saturated rings. The first-order chi connectivity index (χ1) is 8.31. The van der Waals surface area contributed by atoms with E-state index in [9.17, 15) is 0 Å². The second kappa shape index (κ2) is 5.49. The van der Waals surface area contributed by atoms with Crippen molar-refractivity contribution in [1.82, 2.24) is 4.98 Å². The molecule has 17 heavy (non-hydrogen) atoms. The van der Waals surface area contributed by atoms with Gasteiger partial charge in [0, 0.05) is 6.20 Å². The number of aromatic nitrogens is 1. The average Bonchev–Trinajstić information content (AvgIpc) is 2.38. The minimum absolute atomic E-state index is 0.534. The van der Waals surface area contributed by atoms with Gasteiger partial charge in [0.15, 0.2) is 5.75 Å². The lowest BCUT2D eigenvalue weighted by Gasteiger charge is -2.25. The Balaban J connectivity index is 1.98. The molecule has 3 heteroatoms. The van der Waals surface area contributed by atoms with Crippen molar-refractivity contribution in [2.75, 3.05) is 6.61 Å². The first kappa shape index (κ1) is 11.7. The van der Waals surface area contributed by atoms with Gasteiger partial charge in [-0.1, -0.05) is 19.1 Å². The summed E-state index contributed by atoms with van der Waals surface area (Å²) in [4.78, 5) is 3.99. The molecule has 1 aliphatic rings. The maximum absolute atomic E-state index is 8.94. The van der Waals surface area contributed by atoms with E-state index >= 15 is 0 Å². The largest absolute Gasteiger partial charge is 0.490 e. The number of hydrogen-bond donors (Lipinski definition) is 0. The van der Waals surface area contributed by atoms with Gasteiger partial charge in [-0.25, -0.2) is 0 Å². The van der Waals surface area contributed by atoms with Gasteiger partial charge in [0.25, 0.3) is 0 Å². The van der Waals surface area contributed by atoms with Gasteiger partial charge in [0.2, 0.25) is 0 Å². The summed E-state index contributed by atoms with van der Waals surface area (Å²) in [5, 5.41) is 8.94. The molecule has 0 aliphatic heterocycles. The quantitative estimate of drug-likeness (QED) is 0.747. The predicted octanol–water partition coefficient (Wildman–Crippen LogP) is 2.93. The van der Waals surface area contributed by atoms with Crippen LogP contribution in [0.4, 0.5) is 0 Å². The summed E-state index contributed by atoms with van der Waals surface area (Å²) in [5.74, 6) is 1.77. The van der Waals surface area contributed by atoms with Crippen LogP contribution in [0.5, 0.6) is 5.75 Å². The van der Waals surface area contributed by atoms with Crippen molar-refractivity contribution in [1.29, 1.82) is 5.26 Å². The van der Waals surface area contributed by atoms with Gasteiger partial charge in [0.1, 0.15) is 6.07 Å². The average molecular weight is 228 g/mol. The number of ether oxygens (including phenoxy) is 1. The normalized spacial score (nSPS) is 23.1. The van der Waals surface area contributed by atoms with Crippen molar-refractivity contribution in [3.05, 3.63) is 36.2 Å². The summed E-state index contributed by atoms with van der Waals surface area (Å²) in [6.07, 6.45) is 9.84. The molecule has 0 saturated carbocycles. The van der Waals surface area contributed by atoms with Crippen molar-refractivity contribution in [2.45, 2.75) is 19.8 Å². The van der Waals surface area contributed by atoms with Gasteiger partial charge in [-0.05, 0) is 30.7 Å². The van der Waals surface area contributed by atoms with Gasteiger partial charge in [-0.3, -0.25) is 4.98 Å². The highest BCUT2D eigenvalue weighted by atomic mass is 16.5. The molecule has 2 unspecified atom stereocenters. The summed E-state index contributed by atoms with van der Waals surface area (Å²) >= 11 is 0. The van der Waals surface area contributed by atoms with Gasteiger partial charge >= 0.3 is 0 Å². The van der Waals surface area contributed by atoms with E-state index in [1.54, 1.807) is 18.5 Å². The molecule has 0 N–H and O–H groups in total. The predicted molar refractivity (Wildman–Crippen MR) is 65.5 cm³/mol. The maximum atomic E-state index is 8.94. The third kappa shape index (κ3) is 2.85. The first-order valence-corrected chi connectivity index (χ1v) is 5.93. The molecule has 88 valence electrons. The zero-order valence-corrected chi connectivity index (χ0v) is 9.97. The lowest BCUT2D eigenvalue weighted by atomic mass is 9.85. The van der Waals surface area contributed by atoms with E-state index in [4.69, 9.17) is 10.00 Å². The van der Waals surface area contributed by atoms with Crippen molar-refractivity contribution < 1.29 is 4.74 Å². The summed E-state index contributed by atoms with van der Waals surface area (Å²) in [5.41, 5.74) is 0.555. The lowest BCUT2D eigenvalue weighted by molar-refractivity contribution is 0.197. The zero-order valence-electron chi connectivity index (χ0n) is 9.97. The van der Waals surface area contributed by atoms with Crippen molar-refractivity contribution in [3.63, 3.8) is 0 Å². The standard InChI is InChI=1S/C14H16N2O/c1-11-4-2-3-5-13(11)10-17-14-9-16-7-6-12(14)8-15/h2-3,6-7,9,11,13H,4-5,10H2,1H3. The molecule has 1 aromatic heterocycles. The number of allylic oxidation sites excluding steroid dienone is 2. The molecule has 0 spiro atoms. The molecule has 0 saturated heterocycles. The Labute approximate surface area is 102 Å². The smallest absolute Gasteiger partial charge is 0.155 e. The van der Waals surface area contributed by atoms with Crippen LogP contribution in [0.25, 0.3) is 0 Å². The molecule has 0 radical (unpaired) electrons. The highest BCUT2D eigenvalue weighted by Crippen LogP contribution is 2.26. The fourth-order valence-electron chi connectivity index (χ4n) is 2.02. The number of hydrogen-bond acceptors (Lipinski definition) is 3. The fraction of sp³-hybridized carbons (Fsp3) is 0.429. The Morgan fingerprint density at radius 1 is 1.47 bits per heavy atom. The maximum Gasteiger partial charge on any atom is 0.155 e. The van der Waals surface area contributed by atoms with Gasteiger partial charge in [-0.15, -0.1) is 0 Å². The topological polar surface area (TPSA) is 45.9 Å². The molecule has 2 atom stereocenters. The molecule has 0 aromatic carbocycles. The number of nitriles is 1. The minimum Gasteiger partial charge on any atom is -0.490 e. The van der Waals surface area contributed by atoms with Crippen LogP contribution in [0.15, 0.2) is 30.6 Å². The lowest BCUT2D eigenvalue weighted by Crippen LogP contribution is -2.21. The van der Waals surface area contributed by atoms with Crippen LogP contribution in [0.3, 0.4) is 0 Å². The molecule has 1 aromatic rings. The summed E-state index contributed by atoms with van der Waals surface area (Å²) < 4.78 is 5.72. The second-order valence-electron chi connectivity index (χ2n) is 4.47. The number of rotatable bonds is 3. The van der Waals surface area contributed by atoms with E-state index < -0.39 is 0 Å². The van der Waals surface area contributed by atoms with E-state index in [1.165, 1.54) is 0 Å². The van der Waals surface area contributed by atoms with Crippen LogP contribution < -0.4 is 4.74 Å². The third-order valence-corrected chi connectivity index (χ3v) is 3.28. The fourth-order valence-corrected chi connectivity index (χ4v) is 2.02. The van der Waals surface area contributed by atoms with Gasteiger partial charge in [-0.2, -0.15) is 5.26 Å². The zero-order chi connectivity index (χ0) is 12.1. The van der Waals surface area contributed by atoms with E-state index in [0.29, 0.717) is 29.8 Å². The Kier molecular flexibility index (Phi) is 3.77. The molecular weight excluding hydrogens is 212 g/mol. The SMILES string of the molecule is CC1CC=CCC1COc1cnccc1C#N. The van der Waals surface area contributed by atoms with E-state index in [2.05, 4.69) is 30.1 Å². The molecule has 0 amide bonds. The highest BCUT2D eigenvalue weighted by molar-refractivity contribution is 5.40. The molecule has 2 rings (SSSR count). The Morgan fingerprint density at radius 3 is 3.06 bits per heavy atom. The Hall–Kier alpha value is -1.82. The van der Waals surface area contributed by atoms with E-state index in [-0.39, 0.29) is 0 Å². The Morgan fingerprint density at radius 2 is 2.29 bits per heavy atom.